The second kappa shape index (κ2) is 13.5. The Morgan fingerprint density at radius 3 is 2.64 bits per heavy atom. The molecule has 2 aliphatic heterocycles. The Bertz CT molecular complexity index is 1740. The van der Waals surface area contributed by atoms with Gasteiger partial charge in [0.15, 0.2) is 0 Å². The number of carbonyl (C=O) groups is 1. The molecule has 3 aliphatic rings. The highest BCUT2D eigenvalue weighted by Gasteiger charge is 2.29. The Morgan fingerprint density at radius 1 is 1.09 bits per heavy atom. The first-order valence-electron chi connectivity index (χ1n) is 16.5. The molecule has 47 heavy (non-hydrogen) atoms. The number of carbonyl (C=O) groups excluding carboxylic acids is 1. The highest BCUT2D eigenvalue weighted by atomic mass is 19.3. The summed E-state index contributed by atoms with van der Waals surface area (Å²) < 4.78 is 34.7. The van der Waals surface area contributed by atoms with Crippen LogP contribution in [0.5, 0.6) is 11.6 Å². The first kappa shape index (κ1) is 31.5. The summed E-state index contributed by atoms with van der Waals surface area (Å²) in [4.78, 5) is 31.8. The number of urea groups is 1. The van der Waals surface area contributed by atoms with Gasteiger partial charge in [0.05, 0.1) is 12.0 Å². The summed E-state index contributed by atoms with van der Waals surface area (Å²) in [7, 11) is 0. The maximum absolute atomic E-state index is 14.2. The summed E-state index contributed by atoms with van der Waals surface area (Å²) >= 11 is 0. The monoisotopic (exact) mass is 645 g/mol. The Hall–Kier alpha value is -4.13. The average molecular weight is 646 g/mol. The molecule has 1 saturated heterocycles. The molecule has 2 aromatic carbocycles. The van der Waals surface area contributed by atoms with E-state index < -0.39 is 6.43 Å². The SMILES string of the molecule is CC[C@@H]1CN(C(=O)Nc2ccc(CN3CCN(CCO)CC3)c(C(F)F)c2)Cc2cc(Oc3ncnc4[nH]c(C5CC5)cc34)ccc21. The fourth-order valence-corrected chi connectivity index (χ4v) is 6.84. The molecule has 4 heterocycles. The Balaban J connectivity index is 1.04. The van der Waals surface area contributed by atoms with E-state index in [4.69, 9.17) is 4.74 Å². The van der Waals surface area contributed by atoms with Gasteiger partial charge < -0.3 is 25.0 Å². The van der Waals surface area contributed by atoms with Crippen LogP contribution in [0.3, 0.4) is 0 Å². The lowest BCUT2D eigenvalue weighted by atomic mass is 9.88. The van der Waals surface area contributed by atoms with Crippen LogP contribution in [0.25, 0.3) is 11.0 Å². The smallest absolute Gasteiger partial charge is 0.322 e. The lowest BCUT2D eigenvalue weighted by Crippen LogP contribution is -2.46. The number of ether oxygens (including phenoxy) is 1. The molecule has 4 aromatic rings. The summed E-state index contributed by atoms with van der Waals surface area (Å²) in [6.45, 7) is 7.24. The number of aliphatic hydroxyl groups is 1. The van der Waals surface area contributed by atoms with Crippen molar-refractivity contribution in [1.29, 1.82) is 0 Å². The van der Waals surface area contributed by atoms with Gasteiger partial charge in [0.25, 0.3) is 6.43 Å². The molecule has 2 aromatic heterocycles. The van der Waals surface area contributed by atoms with E-state index in [-0.39, 0.29) is 24.1 Å². The van der Waals surface area contributed by atoms with Crippen molar-refractivity contribution in [3.8, 4) is 11.6 Å². The molecule has 0 bridgehead atoms. The van der Waals surface area contributed by atoms with Crippen LogP contribution in [0.15, 0.2) is 48.8 Å². The number of hydrogen-bond acceptors (Lipinski definition) is 7. The molecule has 12 heteroatoms. The number of aliphatic hydroxyl groups excluding tert-OH is 1. The largest absolute Gasteiger partial charge is 0.438 e. The number of piperazine rings is 1. The number of nitrogens with zero attached hydrogens (tertiary/aromatic N) is 5. The number of rotatable bonds is 10. The summed E-state index contributed by atoms with van der Waals surface area (Å²) in [5.41, 5.74) is 4.91. The normalized spacial score (nSPS) is 18.9. The van der Waals surface area contributed by atoms with Crippen LogP contribution in [-0.4, -0.2) is 86.7 Å². The van der Waals surface area contributed by atoms with Gasteiger partial charge in [0.2, 0.25) is 5.88 Å². The Morgan fingerprint density at radius 2 is 1.89 bits per heavy atom. The van der Waals surface area contributed by atoms with Gasteiger partial charge in [0.1, 0.15) is 17.7 Å². The van der Waals surface area contributed by atoms with Gasteiger partial charge in [-0.3, -0.25) is 9.80 Å². The zero-order valence-corrected chi connectivity index (χ0v) is 26.6. The van der Waals surface area contributed by atoms with Crippen molar-refractivity contribution in [1.82, 2.24) is 29.7 Å². The van der Waals surface area contributed by atoms with Crippen LogP contribution < -0.4 is 10.1 Å². The Labute approximate surface area is 272 Å². The molecule has 0 radical (unpaired) electrons. The van der Waals surface area contributed by atoms with Gasteiger partial charge in [-0.1, -0.05) is 19.1 Å². The predicted molar refractivity (Wildman–Crippen MR) is 175 cm³/mol. The van der Waals surface area contributed by atoms with Crippen molar-refractivity contribution in [2.45, 2.75) is 57.5 Å². The molecular formula is C35H41F2N7O3. The number of H-pyrrole nitrogens is 1. The Kier molecular flexibility index (Phi) is 9.07. The number of amides is 2. The van der Waals surface area contributed by atoms with Crippen molar-refractivity contribution in [3.05, 3.63) is 76.7 Å². The van der Waals surface area contributed by atoms with Crippen molar-refractivity contribution < 1.29 is 23.4 Å². The summed E-state index contributed by atoms with van der Waals surface area (Å²) in [5, 5.41) is 12.9. The number of aromatic amines is 1. The minimum atomic E-state index is -2.66. The number of hydrogen-bond donors (Lipinski definition) is 3. The quantitative estimate of drug-likeness (QED) is 0.188. The third kappa shape index (κ3) is 6.95. The van der Waals surface area contributed by atoms with E-state index in [2.05, 4.69) is 49.1 Å². The summed E-state index contributed by atoms with van der Waals surface area (Å²) in [6.07, 6.45) is 2.02. The van der Waals surface area contributed by atoms with E-state index in [1.54, 1.807) is 17.0 Å². The lowest BCUT2D eigenvalue weighted by Gasteiger charge is -2.35. The molecule has 7 rings (SSSR count). The fourth-order valence-electron chi connectivity index (χ4n) is 6.84. The van der Waals surface area contributed by atoms with Crippen molar-refractivity contribution in [3.63, 3.8) is 0 Å². The maximum atomic E-state index is 14.2. The minimum absolute atomic E-state index is 0.0664. The van der Waals surface area contributed by atoms with Crippen LogP contribution in [-0.2, 0) is 13.1 Å². The average Bonchev–Trinajstić information content (AvgIpc) is 3.84. The molecule has 248 valence electrons. The molecule has 2 amide bonds. The van der Waals surface area contributed by atoms with E-state index in [1.165, 1.54) is 30.8 Å². The van der Waals surface area contributed by atoms with Crippen molar-refractivity contribution in [2.75, 3.05) is 51.2 Å². The first-order chi connectivity index (χ1) is 22.9. The van der Waals surface area contributed by atoms with E-state index in [9.17, 15) is 18.7 Å². The topological polar surface area (TPSA) is 110 Å². The highest BCUT2D eigenvalue weighted by Crippen LogP contribution is 2.42. The molecule has 0 unspecified atom stereocenters. The van der Waals surface area contributed by atoms with Gasteiger partial charge >= 0.3 is 6.03 Å². The highest BCUT2D eigenvalue weighted by molar-refractivity contribution is 5.89. The number of anilines is 1. The van der Waals surface area contributed by atoms with Gasteiger partial charge in [0, 0.05) is 75.2 Å². The van der Waals surface area contributed by atoms with E-state index in [0.717, 1.165) is 54.9 Å². The molecule has 1 aliphatic carbocycles. The number of nitrogens with one attached hydrogen (secondary N) is 2. The van der Waals surface area contributed by atoms with Crippen LogP contribution in [0.2, 0.25) is 0 Å². The molecule has 10 nitrogen and oxygen atoms in total. The van der Waals surface area contributed by atoms with E-state index in [0.29, 0.717) is 55.0 Å². The summed E-state index contributed by atoms with van der Waals surface area (Å²) in [6, 6.07) is 12.5. The molecular weight excluding hydrogens is 604 g/mol. The number of alkyl halides is 2. The molecule has 0 spiro atoms. The van der Waals surface area contributed by atoms with E-state index >= 15 is 0 Å². The minimum Gasteiger partial charge on any atom is -0.438 e. The van der Waals surface area contributed by atoms with Crippen LogP contribution in [0.1, 0.15) is 72.4 Å². The second-order valence-corrected chi connectivity index (χ2v) is 12.9. The number of fused-ring (bicyclic) bond motifs is 2. The van der Waals surface area contributed by atoms with Gasteiger partial charge in [-0.2, -0.15) is 0 Å². The molecule has 3 N–H and O–H groups in total. The summed E-state index contributed by atoms with van der Waals surface area (Å²) in [5.74, 6) is 1.79. The zero-order chi connectivity index (χ0) is 32.5. The predicted octanol–water partition coefficient (Wildman–Crippen LogP) is 6.22. The van der Waals surface area contributed by atoms with Crippen LogP contribution in [0.4, 0.5) is 19.3 Å². The second-order valence-electron chi connectivity index (χ2n) is 12.9. The van der Waals surface area contributed by atoms with Crippen LogP contribution >= 0.6 is 0 Å². The third-order valence-corrected chi connectivity index (χ3v) is 9.69. The zero-order valence-electron chi connectivity index (χ0n) is 26.6. The number of benzene rings is 2. The third-order valence-electron chi connectivity index (χ3n) is 9.69. The lowest BCUT2D eigenvalue weighted by molar-refractivity contribution is 0.106. The standard InChI is InChI=1S/C35H41F2N7O3/c1-2-22-19-44(35(46)40-26-6-5-24(29(16-26)32(36)37)18-43-11-9-42(10-12-43)13-14-45)20-25-15-27(7-8-28(22)25)47-34-30-17-31(23-3-4-23)41-33(30)38-21-39-34/h5-8,15-17,21-23,32,45H,2-4,9-14,18-20H2,1H3,(H,40,46)(H,38,39,41)/t22-/m1/s1. The van der Waals surface area contributed by atoms with Gasteiger partial charge in [-0.15, -0.1) is 0 Å². The van der Waals surface area contributed by atoms with Gasteiger partial charge in [-0.25, -0.2) is 23.5 Å². The number of halogens is 2. The number of β-amino-alcohol motifs (C(OH)–C–C–N with tert-alkyl or cyclic N) is 1. The number of aromatic nitrogens is 3. The first-order valence-corrected chi connectivity index (χ1v) is 16.5. The van der Waals surface area contributed by atoms with Crippen LogP contribution in [0, 0.1) is 0 Å². The maximum Gasteiger partial charge on any atom is 0.322 e. The molecule has 1 atom stereocenters. The molecule has 1 saturated carbocycles. The fraction of sp³-hybridized carbons (Fsp3) is 0.457. The van der Waals surface area contributed by atoms with Crippen molar-refractivity contribution in [2.24, 2.45) is 0 Å². The van der Waals surface area contributed by atoms with Crippen molar-refractivity contribution >= 4 is 22.8 Å². The van der Waals surface area contributed by atoms with E-state index in [1.807, 2.05) is 12.1 Å². The molecule has 2 fully saturated rings. The van der Waals surface area contributed by atoms with Gasteiger partial charge in [-0.05, 0) is 72.2 Å².